The second kappa shape index (κ2) is 18.6. The highest BCUT2D eigenvalue weighted by atomic mass is 16.7. The fourth-order valence-electron chi connectivity index (χ4n) is 9.25. The van der Waals surface area contributed by atoms with Crippen molar-refractivity contribution in [2.75, 3.05) is 11.9 Å². The molecule has 1 aliphatic carbocycles. The van der Waals surface area contributed by atoms with Crippen molar-refractivity contribution in [3.05, 3.63) is 86.2 Å². The predicted molar refractivity (Wildman–Crippen MR) is 238 cm³/mol. The Balaban J connectivity index is 1.01. The number of esters is 1. The molecule has 0 unspecified atom stereocenters. The highest BCUT2D eigenvalue weighted by Crippen LogP contribution is 2.50. The van der Waals surface area contributed by atoms with Crippen molar-refractivity contribution in [3.63, 3.8) is 0 Å². The Morgan fingerprint density at radius 3 is 2.49 bits per heavy atom. The van der Waals surface area contributed by atoms with Crippen molar-refractivity contribution in [2.24, 2.45) is 5.92 Å². The van der Waals surface area contributed by atoms with Crippen LogP contribution in [-0.2, 0) is 76.4 Å². The van der Waals surface area contributed by atoms with Crippen LogP contribution in [0.25, 0.3) is 22.3 Å². The average molecular weight is 941 g/mol. The minimum absolute atomic E-state index is 0.0159. The average Bonchev–Trinajstić information content (AvgIpc) is 3.67. The van der Waals surface area contributed by atoms with E-state index in [2.05, 4.69) is 16.0 Å². The summed E-state index contributed by atoms with van der Waals surface area (Å²) in [6, 6.07) is 9.51. The number of aromatic nitrogens is 2. The number of carboxylic acid groups (broad SMARTS) is 1. The van der Waals surface area contributed by atoms with Gasteiger partial charge in [-0.05, 0) is 68.0 Å². The van der Waals surface area contributed by atoms with Crippen LogP contribution < -0.4 is 26.2 Å². The summed E-state index contributed by atoms with van der Waals surface area (Å²) in [5.74, 6) is -4.01. The van der Waals surface area contributed by atoms with Gasteiger partial charge in [0, 0.05) is 41.9 Å². The van der Waals surface area contributed by atoms with Gasteiger partial charge in [0.15, 0.2) is 11.7 Å². The summed E-state index contributed by atoms with van der Waals surface area (Å²) in [4.78, 5) is 96.1. The summed E-state index contributed by atoms with van der Waals surface area (Å²) in [5.41, 5.74) is 2.80. The molecule has 4 aromatic rings. The molecule has 4 aliphatic rings. The Labute approximate surface area is 388 Å². The summed E-state index contributed by atoms with van der Waals surface area (Å²) >= 11 is 0. The zero-order chi connectivity index (χ0) is 48.9. The Morgan fingerprint density at radius 2 is 1.78 bits per heavy atom. The van der Waals surface area contributed by atoms with E-state index in [0.29, 0.717) is 46.4 Å². The van der Waals surface area contributed by atoms with Gasteiger partial charge >= 0.3 is 18.0 Å². The number of amides is 4. The number of hydrogen-bond donors (Lipinski definition) is 7. The van der Waals surface area contributed by atoms with Crippen LogP contribution in [0.1, 0.15) is 74.4 Å². The van der Waals surface area contributed by atoms with Crippen LogP contribution in [0, 0.1) is 5.92 Å². The molecule has 4 amide bonds. The number of fused-ring (bicyclic) bond motifs is 5. The van der Waals surface area contributed by atoms with Gasteiger partial charge in [0.05, 0.1) is 40.8 Å². The van der Waals surface area contributed by atoms with Gasteiger partial charge in [0.25, 0.3) is 5.56 Å². The lowest BCUT2D eigenvalue weighted by atomic mass is 9.69. The number of nitrogens with one attached hydrogen (secondary N) is 3. The minimum Gasteiger partial charge on any atom is -0.479 e. The molecule has 3 aliphatic heterocycles. The number of carboxylic acids is 1. The third-order valence-corrected chi connectivity index (χ3v) is 12.9. The molecule has 7 N–H and O–H groups in total. The molecule has 0 saturated carbocycles. The van der Waals surface area contributed by atoms with Gasteiger partial charge in [-0.1, -0.05) is 38.1 Å². The van der Waals surface area contributed by atoms with Gasteiger partial charge in [-0.25, -0.2) is 19.4 Å². The fraction of sp³-hybridized carbons (Fsp3) is 0.447. The maximum atomic E-state index is 13.9. The number of ether oxygens (including phenoxy) is 4. The van der Waals surface area contributed by atoms with Crippen molar-refractivity contribution in [2.45, 2.75) is 122 Å². The number of rotatable bonds is 16. The molecule has 21 heteroatoms. The molecule has 1 fully saturated rings. The minimum atomic E-state index is -1.87. The van der Waals surface area contributed by atoms with Crippen molar-refractivity contribution < 1.29 is 68.1 Å². The standard InChI is InChI=1S/C47H52N6O15/c1-21(2)36(48-20-54)42(58)49-23(5)41(57)51-31-11-10-24(14-33(31)67-34-15-32(55)39(56)40(68-34)44(60)61)18-66-46(63)52(22(3)4)13-12-25-26-8-6-7-9-30(26)50-37-28(25)17-53-38(37)27-16-47(64)35(27)29(43(53)59)19-65-45(47)62/h6-11,14,20-23,32,34,36,39-40,55-56,64H,12-13,15-19H2,1-5H3,(H,48,54)(H,49,58)(H,51,57)(H,60,61)/t23-,32+,34+,36-,39-,40-,47-/m0/s1. The van der Waals surface area contributed by atoms with E-state index in [1.54, 1.807) is 18.4 Å². The molecule has 7 atom stereocenters. The highest BCUT2D eigenvalue weighted by molar-refractivity contribution is 5.99. The number of nitrogens with zero attached hydrogens (tertiary/aromatic N) is 3. The second-order valence-electron chi connectivity index (χ2n) is 18.0. The van der Waals surface area contributed by atoms with E-state index in [4.69, 9.17) is 23.9 Å². The molecule has 0 bridgehead atoms. The molecule has 360 valence electrons. The van der Waals surface area contributed by atoms with E-state index in [1.807, 2.05) is 38.1 Å². The van der Waals surface area contributed by atoms with Crippen molar-refractivity contribution in [3.8, 4) is 17.1 Å². The first-order chi connectivity index (χ1) is 32.3. The van der Waals surface area contributed by atoms with E-state index in [9.17, 15) is 54.0 Å². The number of aliphatic carboxylic acids is 1. The fourth-order valence-corrected chi connectivity index (χ4v) is 9.25. The zero-order valence-electron chi connectivity index (χ0n) is 37.8. The number of aliphatic hydroxyl groups is 3. The molecular formula is C47H52N6O15. The number of pyridine rings is 2. The van der Waals surface area contributed by atoms with Gasteiger partial charge in [-0.15, -0.1) is 0 Å². The number of carbonyl (C=O) groups is 6. The van der Waals surface area contributed by atoms with Crippen LogP contribution in [0.15, 0.2) is 47.3 Å². The van der Waals surface area contributed by atoms with E-state index in [0.717, 1.165) is 16.5 Å². The number of cyclic esters (lactones) is 1. The Hall–Kier alpha value is -6.94. The third-order valence-electron chi connectivity index (χ3n) is 12.9. The van der Waals surface area contributed by atoms with Crippen LogP contribution in [0.2, 0.25) is 0 Å². The Morgan fingerprint density at radius 1 is 1.03 bits per heavy atom. The first kappa shape index (κ1) is 47.5. The Bertz CT molecular complexity index is 2790. The lowest BCUT2D eigenvalue weighted by Crippen LogP contribution is -2.53. The summed E-state index contributed by atoms with van der Waals surface area (Å²) < 4.78 is 24.1. The van der Waals surface area contributed by atoms with Crippen LogP contribution in [-0.4, -0.2) is 120 Å². The quantitative estimate of drug-likeness (QED) is 0.0542. The monoisotopic (exact) mass is 940 g/mol. The van der Waals surface area contributed by atoms with Crippen molar-refractivity contribution in [1.29, 1.82) is 0 Å². The smallest absolute Gasteiger partial charge is 0.410 e. The number of carbonyl (C=O) groups excluding carboxylic acids is 5. The van der Waals surface area contributed by atoms with Crippen molar-refractivity contribution in [1.82, 2.24) is 25.1 Å². The summed E-state index contributed by atoms with van der Waals surface area (Å²) in [6.07, 6.45) is -6.87. The lowest BCUT2D eigenvalue weighted by molar-refractivity contribution is -0.228. The highest BCUT2D eigenvalue weighted by Gasteiger charge is 2.56. The first-order valence-corrected chi connectivity index (χ1v) is 22.2. The largest absolute Gasteiger partial charge is 0.479 e. The number of anilines is 1. The van der Waals surface area contributed by atoms with Crippen LogP contribution >= 0.6 is 0 Å². The molecule has 1 saturated heterocycles. The molecule has 0 spiro atoms. The van der Waals surface area contributed by atoms with Gasteiger partial charge in [-0.3, -0.25) is 19.2 Å². The maximum absolute atomic E-state index is 13.9. The topological polar surface area (TPSA) is 294 Å². The number of para-hydroxylation sites is 1. The summed E-state index contributed by atoms with van der Waals surface area (Å²) in [5, 5.41) is 49.9. The Kier molecular flexibility index (Phi) is 13.0. The molecule has 21 nitrogen and oxygen atoms in total. The van der Waals surface area contributed by atoms with Gasteiger partial charge in [0.1, 0.15) is 37.2 Å². The molecule has 8 rings (SSSR count). The van der Waals surface area contributed by atoms with Crippen LogP contribution in [0.4, 0.5) is 10.5 Å². The van der Waals surface area contributed by atoms with Gasteiger partial charge in [-0.2, -0.15) is 0 Å². The summed E-state index contributed by atoms with van der Waals surface area (Å²) in [6.45, 7) is 8.34. The SMILES string of the molecule is CC(C)[C@H](NC=O)C(=O)N[C@@H](C)C(=O)Nc1ccc(COC(=O)N(CCc2c3c(nc4ccccc24)-c2c4c5c(c(=O)n2C3)COC(=O)[C@]5(O)C4)C(C)C)cc1O[C@H]1C[C@@H](O)[C@H](O)[C@@H](C(=O)O)O1. The zero-order valence-corrected chi connectivity index (χ0v) is 37.8. The first-order valence-electron chi connectivity index (χ1n) is 22.2. The van der Waals surface area contributed by atoms with Gasteiger partial charge in [0.2, 0.25) is 24.5 Å². The normalized spacial score (nSPS) is 21.9. The predicted octanol–water partition coefficient (Wildman–Crippen LogP) is 1.33. The van der Waals surface area contributed by atoms with E-state index >= 15 is 0 Å². The van der Waals surface area contributed by atoms with Crippen molar-refractivity contribution >= 4 is 52.8 Å². The maximum Gasteiger partial charge on any atom is 0.410 e. The number of hydrogen-bond acceptors (Lipinski definition) is 15. The van der Waals surface area contributed by atoms with Crippen LogP contribution in [0.5, 0.6) is 5.75 Å². The van der Waals surface area contributed by atoms with E-state index in [1.165, 1.54) is 30.0 Å². The lowest BCUT2D eigenvalue weighted by Gasteiger charge is -2.42. The molecule has 68 heavy (non-hydrogen) atoms. The van der Waals surface area contributed by atoms with Gasteiger partial charge < -0.3 is 64.8 Å². The third kappa shape index (κ3) is 8.61. The second-order valence-corrected chi connectivity index (χ2v) is 18.0. The van der Waals surface area contributed by atoms with E-state index < -0.39 is 72.1 Å². The summed E-state index contributed by atoms with van der Waals surface area (Å²) in [7, 11) is 0. The molecule has 2 aromatic carbocycles. The molecular weight excluding hydrogens is 889 g/mol. The van der Waals surface area contributed by atoms with E-state index in [-0.39, 0.29) is 73.7 Å². The number of aliphatic hydroxyl groups excluding tert-OH is 2. The number of benzene rings is 2. The molecule has 5 heterocycles. The molecule has 0 radical (unpaired) electrons. The molecule has 2 aromatic heterocycles. The van der Waals surface area contributed by atoms with Crippen LogP contribution in [0.3, 0.4) is 0 Å².